The van der Waals surface area contributed by atoms with Gasteiger partial charge in [0.1, 0.15) is 0 Å². The summed E-state index contributed by atoms with van der Waals surface area (Å²) in [7, 11) is 0. The van der Waals surface area contributed by atoms with E-state index in [0.29, 0.717) is 6.61 Å². The van der Waals surface area contributed by atoms with E-state index in [1.807, 2.05) is 0 Å². The number of ether oxygens (including phenoxy) is 1. The van der Waals surface area contributed by atoms with Crippen LogP contribution in [0.3, 0.4) is 0 Å². The molecule has 0 amide bonds. The van der Waals surface area contributed by atoms with E-state index < -0.39 is 0 Å². The minimum atomic E-state index is 0.658. The van der Waals surface area contributed by atoms with E-state index in [2.05, 4.69) is 48.1 Å². The standard InChI is InChI=1S/C16H19BrN2O/c1-4-18-16-11-8-20-6-5-12(11)19-13-7-9(2)15(17)10(3)14(13)16/h7H,4-6,8H2,1-3H3,(H,18,19). The Labute approximate surface area is 127 Å². The Morgan fingerprint density at radius 2 is 2.20 bits per heavy atom. The second-order valence-electron chi connectivity index (χ2n) is 5.27. The minimum Gasteiger partial charge on any atom is -0.384 e. The molecular weight excluding hydrogens is 316 g/mol. The van der Waals surface area contributed by atoms with E-state index in [0.717, 1.165) is 25.1 Å². The van der Waals surface area contributed by atoms with Crippen molar-refractivity contribution in [1.82, 2.24) is 4.98 Å². The molecule has 0 fully saturated rings. The van der Waals surface area contributed by atoms with Crippen molar-refractivity contribution >= 4 is 32.5 Å². The highest BCUT2D eigenvalue weighted by molar-refractivity contribution is 9.10. The number of fused-ring (bicyclic) bond motifs is 2. The van der Waals surface area contributed by atoms with Crippen LogP contribution in [0.25, 0.3) is 10.9 Å². The number of aryl methyl sites for hydroxylation is 2. The summed E-state index contributed by atoms with van der Waals surface area (Å²) in [5, 5.41) is 4.74. The second-order valence-corrected chi connectivity index (χ2v) is 6.06. The zero-order chi connectivity index (χ0) is 14.3. The predicted octanol–water partition coefficient (Wildman–Crippen LogP) is 4.12. The van der Waals surface area contributed by atoms with Crippen molar-refractivity contribution in [1.29, 1.82) is 0 Å². The molecule has 1 N–H and O–H groups in total. The number of nitrogens with zero attached hydrogens (tertiary/aromatic N) is 1. The maximum absolute atomic E-state index is 5.63. The van der Waals surface area contributed by atoms with E-state index >= 15 is 0 Å². The van der Waals surface area contributed by atoms with Crippen LogP contribution in [-0.4, -0.2) is 18.1 Å². The van der Waals surface area contributed by atoms with Crippen LogP contribution >= 0.6 is 15.9 Å². The number of aromatic nitrogens is 1. The van der Waals surface area contributed by atoms with Crippen molar-refractivity contribution in [2.24, 2.45) is 0 Å². The third-order valence-electron chi connectivity index (χ3n) is 3.90. The molecule has 2 aromatic rings. The van der Waals surface area contributed by atoms with E-state index in [-0.39, 0.29) is 0 Å². The molecule has 0 bridgehead atoms. The molecule has 1 aliphatic rings. The average Bonchev–Trinajstić information content (AvgIpc) is 2.45. The van der Waals surface area contributed by atoms with Gasteiger partial charge in [0.25, 0.3) is 0 Å². The highest BCUT2D eigenvalue weighted by atomic mass is 79.9. The summed E-state index contributed by atoms with van der Waals surface area (Å²) < 4.78 is 6.80. The molecule has 1 aliphatic heterocycles. The van der Waals surface area contributed by atoms with E-state index in [1.165, 1.54) is 37.9 Å². The van der Waals surface area contributed by atoms with Gasteiger partial charge in [-0.05, 0) is 38.0 Å². The summed E-state index contributed by atoms with van der Waals surface area (Å²) in [6.07, 6.45) is 0.901. The number of pyridine rings is 1. The summed E-state index contributed by atoms with van der Waals surface area (Å²) in [5.41, 5.74) is 7.17. The van der Waals surface area contributed by atoms with Gasteiger partial charge in [-0.1, -0.05) is 15.9 Å². The number of benzene rings is 1. The SMILES string of the molecule is CCNc1c2c(nc3cc(C)c(Br)c(C)c13)CCOC2. The topological polar surface area (TPSA) is 34.2 Å². The third-order valence-corrected chi connectivity index (χ3v) is 5.12. The molecule has 2 heterocycles. The van der Waals surface area contributed by atoms with Gasteiger partial charge in [0, 0.05) is 28.4 Å². The quantitative estimate of drug-likeness (QED) is 0.896. The Morgan fingerprint density at radius 1 is 1.40 bits per heavy atom. The van der Waals surface area contributed by atoms with Gasteiger partial charge in [0.15, 0.2) is 0 Å². The number of anilines is 1. The van der Waals surface area contributed by atoms with Crippen LogP contribution in [0.15, 0.2) is 10.5 Å². The van der Waals surface area contributed by atoms with Gasteiger partial charge in [-0.15, -0.1) is 0 Å². The zero-order valence-electron chi connectivity index (χ0n) is 12.1. The van der Waals surface area contributed by atoms with Crippen molar-refractivity contribution in [2.45, 2.75) is 33.8 Å². The predicted molar refractivity (Wildman–Crippen MR) is 86.4 cm³/mol. The number of rotatable bonds is 2. The highest BCUT2D eigenvalue weighted by Gasteiger charge is 2.20. The first kappa shape index (κ1) is 13.8. The fraction of sp³-hybridized carbons (Fsp3) is 0.438. The number of hydrogen-bond donors (Lipinski definition) is 1. The van der Waals surface area contributed by atoms with Gasteiger partial charge in [-0.2, -0.15) is 0 Å². The maximum Gasteiger partial charge on any atom is 0.0755 e. The van der Waals surface area contributed by atoms with E-state index in [1.54, 1.807) is 0 Å². The van der Waals surface area contributed by atoms with Crippen LogP contribution < -0.4 is 5.32 Å². The summed E-state index contributed by atoms with van der Waals surface area (Å²) in [6.45, 7) is 8.72. The fourth-order valence-electron chi connectivity index (χ4n) is 2.93. The lowest BCUT2D eigenvalue weighted by Crippen LogP contribution is -2.16. The smallest absolute Gasteiger partial charge is 0.0755 e. The molecule has 0 saturated heterocycles. The molecule has 0 radical (unpaired) electrons. The molecular formula is C16H19BrN2O. The Bertz CT molecular complexity index is 682. The summed E-state index contributed by atoms with van der Waals surface area (Å²) in [5.74, 6) is 0. The number of hydrogen-bond acceptors (Lipinski definition) is 3. The summed E-state index contributed by atoms with van der Waals surface area (Å²) in [6, 6.07) is 2.17. The lowest BCUT2D eigenvalue weighted by molar-refractivity contribution is 0.110. The van der Waals surface area contributed by atoms with Gasteiger partial charge in [0.2, 0.25) is 0 Å². The molecule has 3 rings (SSSR count). The number of halogens is 1. The van der Waals surface area contributed by atoms with Gasteiger partial charge < -0.3 is 10.1 Å². The van der Waals surface area contributed by atoms with Crippen LogP contribution in [0.1, 0.15) is 29.3 Å². The average molecular weight is 335 g/mol. The van der Waals surface area contributed by atoms with Crippen LogP contribution in [0.4, 0.5) is 5.69 Å². The normalized spacial score (nSPS) is 14.4. The van der Waals surface area contributed by atoms with Crippen molar-refractivity contribution < 1.29 is 4.74 Å². The van der Waals surface area contributed by atoms with E-state index in [9.17, 15) is 0 Å². The molecule has 4 heteroatoms. The summed E-state index contributed by atoms with van der Waals surface area (Å²) >= 11 is 3.69. The first-order valence-corrected chi connectivity index (χ1v) is 7.85. The molecule has 3 nitrogen and oxygen atoms in total. The van der Waals surface area contributed by atoms with Crippen molar-refractivity contribution in [3.05, 3.63) is 32.9 Å². The fourth-order valence-corrected chi connectivity index (χ4v) is 3.24. The molecule has 1 aromatic heterocycles. The Kier molecular flexibility index (Phi) is 3.69. The first-order valence-electron chi connectivity index (χ1n) is 7.06. The highest BCUT2D eigenvalue weighted by Crippen LogP contribution is 2.37. The molecule has 0 aliphatic carbocycles. The van der Waals surface area contributed by atoms with Crippen LogP contribution in [0.5, 0.6) is 0 Å². The van der Waals surface area contributed by atoms with Crippen LogP contribution in [-0.2, 0) is 17.8 Å². The molecule has 106 valence electrons. The molecule has 0 unspecified atom stereocenters. The largest absolute Gasteiger partial charge is 0.384 e. The lowest BCUT2D eigenvalue weighted by Gasteiger charge is -2.23. The third kappa shape index (κ3) is 2.11. The van der Waals surface area contributed by atoms with Gasteiger partial charge in [-0.25, -0.2) is 0 Å². The minimum absolute atomic E-state index is 0.658. The Hall–Kier alpha value is -1.13. The molecule has 1 aromatic carbocycles. The molecule has 0 saturated carbocycles. The van der Waals surface area contributed by atoms with Gasteiger partial charge in [-0.3, -0.25) is 4.98 Å². The zero-order valence-corrected chi connectivity index (χ0v) is 13.7. The van der Waals surface area contributed by atoms with E-state index in [4.69, 9.17) is 9.72 Å². The second kappa shape index (κ2) is 5.34. The van der Waals surface area contributed by atoms with Gasteiger partial charge >= 0.3 is 0 Å². The Morgan fingerprint density at radius 3 is 2.95 bits per heavy atom. The lowest BCUT2D eigenvalue weighted by atomic mass is 9.98. The molecule has 0 spiro atoms. The van der Waals surface area contributed by atoms with Crippen LogP contribution in [0.2, 0.25) is 0 Å². The monoisotopic (exact) mass is 334 g/mol. The van der Waals surface area contributed by atoms with Crippen molar-refractivity contribution in [3.8, 4) is 0 Å². The molecule has 0 atom stereocenters. The van der Waals surface area contributed by atoms with Gasteiger partial charge in [0.05, 0.1) is 30.1 Å². The first-order chi connectivity index (χ1) is 9.63. The summed E-state index contributed by atoms with van der Waals surface area (Å²) in [4.78, 5) is 4.88. The van der Waals surface area contributed by atoms with Crippen molar-refractivity contribution in [2.75, 3.05) is 18.5 Å². The molecule has 20 heavy (non-hydrogen) atoms. The van der Waals surface area contributed by atoms with Crippen LogP contribution in [0, 0.1) is 13.8 Å². The Balaban J connectivity index is 2.39. The maximum atomic E-state index is 5.63. The van der Waals surface area contributed by atoms with Crippen molar-refractivity contribution in [3.63, 3.8) is 0 Å². The number of nitrogens with one attached hydrogen (secondary N) is 1.